The average Bonchev–Trinajstić information content (AvgIpc) is 3.07. The number of fused-ring (bicyclic) bond motifs is 1. The number of aromatic nitrogens is 1. The minimum absolute atomic E-state index is 0.0854. The van der Waals surface area contributed by atoms with Crippen LogP contribution in [0.1, 0.15) is 27.8 Å². The van der Waals surface area contributed by atoms with Gasteiger partial charge in [0.05, 0.1) is 16.6 Å². The van der Waals surface area contributed by atoms with E-state index in [1.165, 1.54) is 35.0 Å². The fourth-order valence-electron chi connectivity index (χ4n) is 4.03. The van der Waals surface area contributed by atoms with Crippen molar-refractivity contribution in [1.29, 1.82) is 0 Å². The Balaban J connectivity index is 1.86. The predicted octanol–water partition coefficient (Wildman–Crippen LogP) is 7.09. The van der Waals surface area contributed by atoms with Gasteiger partial charge in [-0.1, -0.05) is 29.8 Å². The molecule has 0 amide bonds. The van der Waals surface area contributed by atoms with Crippen molar-refractivity contribution in [2.75, 3.05) is 0 Å². The lowest BCUT2D eigenvalue weighted by Gasteiger charge is -2.11. The molecule has 0 aliphatic carbocycles. The molecule has 1 aromatic heterocycles. The Bertz CT molecular complexity index is 1580. The molecular weight excluding hydrogens is 509 g/mol. The van der Waals surface area contributed by atoms with E-state index >= 15 is 0 Å². The Hall–Kier alpha value is -4.24. The van der Waals surface area contributed by atoms with E-state index < -0.39 is 22.7 Å². The lowest BCUT2D eigenvalue weighted by Crippen LogP contribution is -2.05. The smallest absolute Gasteiger partial charge is 0.416 e. The molecule has 10 heteroatoms. The van der Waals surface area contributed by atoms with Gasteiger partial charge in [-0.25, -0.2) is 4.79 Å². The number of aromatic hydroxyl groups is 2. The molecule has 0 atom stereocenters. The summed E-state index contributed by atoms with van der Waals surface area (Å²) >= 11 is 5.62. The molecule has 0 aliphatic rings. The third kappa shape index (κ3) is 5.31. The van der Waals surface area contributed by atoms with Gasteiger partial charge in [0.2, 0.25) is 5.88 Å². The van der Waals surface area contributed by atoms with E-state index in [2.05, 4.69) is 4.99 Å². The van der Waals surface area contributed by atoms with Gasteiger partial charge in [0.15, 0.2) is 0 Å². The SMILES string of the molecule is Cc1cc(C)cc(-n2c(O)c(C=Nc3ccc(C=C(Cl)C(=O)O)cc3O)c3ccc(C(F)(F)F)cc32)c1. The number of nitrogens with zero attached hydrogens (tertiary/aromatic N) is 2. The van der Waals surface area contributed by atoms with Gasteiger partial charge in [0.25, 0.3) is 0 Å². The van der Waals surface area contributed by atoms with Gasteiger partial charge < -0.3 is 15.3 Å². The molecule has 0 unspecified atom stereocenters. The van der Waals surface area contributed by atoms with Crippen molar-refractivity contribution < 1.29 is 33.3 Å². The summed E-state index contributed by atoms with van der Waals surface area (Å²) in [5.74, 6) is -1.94. The second-order valence-corrected chi connectivity index (χ2v) is 8.86. The number of carboxylic acid groups (broad SMARTS) is 1. The zero-order valence-corrected chi connectivity index (χ0v) is 20.3. The average molecular weight is 529 g/mol. The van der Waals surface area contributed by atoms with Crippen LogP contribution in [0.15, 0.2) is 64.6 Å². The molecule has 0 saturated carbocycles. The number of hydrogen-bond donors (Lipinski definition) is 3. The van der Waals surface area contributed by atoms with Crippen LogP contribution < -0.4 is 0 Å². The van der Waals surface area contributed by atoms with Gasteiger partial charge in [0, 0.05) is 17.3 Å². The summed E-state index contributed by atoms with van der Waals surface area (Å²) in [7, 11) is 0. The zero-order chi connectivity index (χ0) is 27.1. The first-order chi connectivity index (χ1) is 17.3. The molecule has 0 fully saturated rings. The summed E-state index contributed by atoms with van der Waals surface area (Å²) in [6, 6.07) is 12.7. The molecule has 0 saturated heterocycles. The largest absolute Gasteiger partial charge is 0.506 e. The Morgan fingerprint density at radius 3 is 2.27 bits per heavy atom. The molecule has 0 bridgehead atoms. The van der Waals surface area contributed by atoms with Crippen LogP contribution >= 0.6 is 11.6 Å². The number of phenolic OH excluding ortho intramolecular Hbond substituents is 1. The number of alkyl halides is 3. The molecule has 3 aromatic carbocycles. The monoisotopic (exact) mass is 528 g/mol. The summed E-state index contributed by atoms with van der Waals surface area (Å²) in [6.07, 6.45) is -2.18. The Labute approximate surface area is 214 Å². The second-order valence-electron chi connectivity index (χ2n) is 8.45. The maximum Gasteiger partial charge on any atom is 0.416 e. The van der Waals surface area contributed by atoms with E-state index in [0.717, 1.165) is 29.3 Å². The second kappa shape index (κ2) is 9.67. The van der Waals surface area contributed by atoms with Crippen molar-refractivity contribution in [2.24, 2.45) is 4.99 Å². The van der Waals surface area contributed by atoms with E-state index in [1.54, 1.807) is 12.1 Å². The number of benzene rings is 3. The van der Waals surface area contributed by atoms with Crippen molar-refractivity contribution in [3.05, 3.63) is 87.4 Å². The fourth-order valence-corrected chi connectivity index (χ4v) is 4.15. The molecule has 3 N–H and O–H groups in total. The molecule has 0 spiro atoms. The molecule has 0 aliphatic heterocycles. The Morgan fingerprint density at radius 1 is 1.00 bits per heavy atom. The van der Waals surface area contributed by atoms with E-state index in [4.69, 9.17) is 16.7 Å². The number of halogens is 4. The lowest BCUT2D eigenvalue weighted by atomic mass is 10.1. The number of rotatable bonds is 5. The topological polar surface area (TPSA) is 95.0 Å². The molecule has 0 radical (unpaired) electrons. The highest BCUT2D eigenvalue weighted by atomic mass is 35.5. The maximum atomic E-state index is 13.5. The van der Waals surface area contributed by atoms with Crippen LogP contribution in [0.2, 0.25) is 0 Å². The highest BCUT2D eigenvalue weighted by molar-refractivity contribution is 6.43. The Kier molecular flexibility index (Phi) is 6.75. The first-order valence-electron chi connectivity index (χ1n) is 10.9. The van der Waals surface area contributed by atoms with Crippen LogP contribution in [-0.2, 0) is 11.0 Å². The fraction of sp³-hybridized carbons (Fsp3) is 0.111. The number of carboxylic acids is 1. The normalized spacial score (nSPS) is 12.5. The van der Waals surface area contributed by atoms with Crippen molar-refractivity contribution in [1.82, 2.24) is 4.57 Å². The minimum atomic E-state index is -4.58. The number of hydrogen-bond acceptors (Lipinski definition) is 4. The van der Waals surface area contributed by atoms with Crippen molar-refractivity contribution in [3.8, 4) is 17.3 Å². The summed E-state index contributed by atoms with van der Waals surface area (Å²) in [5.41, 5.74) is 2.02. The molecule has 37 heavy (non-hydrogen) atoms. The molecule has 4 aromatic rings. The van der Waals surface area contributed by atoms with Crippen molar-refractivity contribution in [3.63, 3.8) is 0 Å². The summed E-state index contributed by atoms with van der Waals surface area (Å²) in [5, 5.41) is 30.2. The van der Waals surface area contributed by atoms with Crippen LogP contribution in [0.25, 0.3) is 22.7 Å². The van der Waals surface area contributed by atoms with Crippen LogP contribution in [0.4, 0.5) is 18.9 Å². The maximum absolute atomic E-state index is 13.5. The number of phenols is 1. The highest BCUT2D eigenvalue weighted by Gasteiger charge is 2.31. The quantitative estimate of drug-likeness (QED) is 0.190. The van der Waals surface area contributed by atoms with Gasteiger partial charge in [0.1, 0.15) is 16.5 Å². The molecule has 6 nitrogen and oxygen atoms in total. The van der Waals surface area contributed by atoms with Gasteiger partial charge in [-0.15, -0.1) is 0 Å². The van der Waals surface area contributed by atoms with Crippen LogP contribution in [0, 0.1) is 13.8 Å². The van der Waals surface area contributed by atoms with Gasteiger partial charge in [-0.2, -0.15) is 13.2 Å². The third-order valence-electron chi connectivity index (χ3n) is 5.60. The third-order valence-corrected chi connectivity index (χ3v) is 5.87. The van der Waals surface area contributed by atoms with E-state index in [1.807, 2.05) is 19.9 Å². The molecule has 4 rings (SSSR count). The summed E-state index contributed by atoms with van der Waals surface area (Å²) in [6.45, 7) is 3.68. The number of aryl methyl sites for hydroxylation is 2. The lowest BCUT2D eigenvalue weighted by molar-refractivity contribution is -0.137. The van der Waals surface area contributed by atoms with Crippen molar-refractivity contribution in [2.45, 2.75) is 20.0 Å². The van der Waals surface area contributed by atoms with E-state index in [9.17, 15) is 28.2 Å². The molecular formula is C27H20ClF3N2O4. The number of aliphatic carboxylic acids is 1. The Morgan fingerprint density at radius 2 is 1.68 bits per heavy atom. The first-order valence-corrected chi connectivity index (χ1v) is 11.2. The van der Waals surface area contributed by atoms with Gasteiger partial charge in [-0.3, -0.25) is 9.56 Å². The molecule has 190 valence electrons. The van der Waals surface area contributed by atoms with E-state index in [-0.39, 0.29) is 28.4 Å². The zero-order valence-electron chi connectivity index (χ0n) is 19.5. The predicted molar refractivity (Wildman–Crippen MR) is 136 cm³/mol. The van der Waals surface area contributed by atoms with Crippen molar-refractivity contribution >= 4 is 46.5 Å². The standard InChI is InChI=1S/C27H20ClF3N2O4/c1-14-7-15(2)9-18(8-14)33-23-12-17(27(29,30)31)4-5-19(23)20(25(33)35)13-32-22-6-3-16(11-24(22)34)10-21(28)26(36)37/h3-13,34-35H,1-2H3,(H,36,37). The van der Waals surface area contributed by atoms with Crippen LogP contribution in [0.5, 0.6) is 11.6 Å². The first kappa shape index (κ1) is 25.8. The van der Waals surface area contributed by atoms with E-state index in [0.29, 0.717) is 16.6 Å². The number of aliphatic imine (C=N–C) groups is 1. The summed E-state index contributed by atoms with van der Waals surface area (Å²) < 4.78 is 41.8. The minimum Gasteiger partial charge on any atom is -0.506 e. The summed E-state index contributed by atoms with van der Waals surface area (Å²) in [4.78, 5) is 15.1. The van der Waals surface area contributed by atoms with Crippen LogP contribution in [-0.4, -0.2) is 32.1 Å². The van der Waals surface area contributed by atoms with Gasteiger partial charge >= 0.3 is 12.1 Å². The molecule has 1 heterocycles. The highest BCUT2D eigenvalue weighted by Crippen LogP contribution is 2.38. The number of carbonyl (C=O) groups is 1. The van der Waals surface area contributed by atoms with Crippen LogP contribution in [0.3, 0.4) is 0 Å². The van der Waals surface area contributed by atoms with Gasteiger partial charge in [-0.05, 0) is 73.0 Å².